The number of rotatable bonds is 5. The van der Waals surface area contributed by atoms with Crippen LogP contribution in [0.4, 0.5) is 4.39 Å². The van der Waals surface area contributed by atoms with E-state index in [1.165, 1.54) is 11.8 Å². The quantitative estimate of drug-likeness (QED) is 0.899. The van der Waals surface area contributed by atoms with Gasteiger partial charge in [0.05, 0.1) is 0 Å². The van der Waals surface area contributed by atoms with Crippen molar-refractivity contribution in [2.24, 2.45) is 0 Å². The number of hydrogen-bond acceptors (Lipinski definition) is 3. The fourth-order valence-corrected chi connectivity index (χ4v) is 4.18. The molecule has 0 aromatic heterocycles. The van der Waals surface area contributed by atoms with E-state index in [1.807, 2.05) is 11.8 Å². The van der Waals surface area contributed by atoms with Gasteiger partial charge in [0.25, 0.3) is 0 Å². The lowest BCUT2D eigenvalue weighted by atomic mass is 9.98. The molecular formula is C15H22ClFN2S. The fraction of sp³-hybridized carbons (Fsp3) is 0.600. The largest absolute Gasteiger partial charge is 0.312 e. The second kappa shape index (κ2) is 7.64. The molecule has 5 heteroatoms. The van der Waals surface area contributed by atoms with Gasteiger partial charge in [-0.05, 0) is 43.8 Å². The van der Waals surface area contributed by atoms with E-state index in [0.29, 0.717) is 23.0 Å². The average Bonchev–Trinajstić information content (AvgIpc) is 2.43. The van der Waals surface area contributed by atoms with Gasteiger partial charge in [0.2, 0.25) is 0 Å². The lowest BCUT2D eigenvalue weighted by molar-refractivity contribution is 0.214. The zero-order valence-electron chi connectivity index (χ0n) is 12.0. The van der Waals surface area contributed by atoms with Crippen LogP contribution in [0.5, 0.6) is 0 Å². The van der Waals surface area contributed by atoms with Gasteiger partial charge in [-0.15, -0.1) is 0 Å². The molecule has 112 valence electrons. The SMILES string of the molecule is CCNC(Cc1cc(Cl)ccc1F)C1CSCCN1C. The molecule has 1 heterocycles. The Morgan fingerprint density at radius 2 is 2.35 bits per heavy atom. The summed E-state index contributed by atoms with van der Waals surface area (Å²) in [5, 5.41) is 4.11. The molecule has 2 nitrogen and oxygen atoms in total. The molecule has 1 fully saturated rings. The summed E-state index contributed by atoms with van der Waals surface area (Å²) < 4.78 is 13.9. The maximum absolute atomic E-state index is 13.9. The van der Waals surface area contributed by atoms with Crippen molar-refractivity contribution in [2.45, 2.75) is 25.4 Å². The maximum Gasteiger partial charge on any atom is 0.126 e. The molecule has 0 radical (unpaired) electrons. The first-order chi connectivity index (χ1) is 9.61. The predicted octanol–water partition coefficient (Wildman–Crippen LogP) is 3.05. The Morgan fingerprint density at radius 3 is 3.05 bits per heavy atom. The third-order valence-corrected chi connectivity index (χ3v) is 5.11. The summed E-state index contributed by atoms with van der Waals surface area (Å²) >= 11 is 7.97. The Kier molecular flexibility index (Phi) is 6.15. The van der Waals surface area contributed by atoms with Crippen LogP contribution in [0.1, 0.15) is 12.5 Å². The van der Waals surface area contributed by atoms with Crippen molar-refractivity contribution in [1.82, 2.24) is 10.2 Å². The van der Waals surface area contributed by atoms with Crippen LogP contribution in [0.15, 0.2) is 18.2 Å². The lowest BCUT2D eigenvalue weighted by Gasteiger charge is -2.38. The Labute approximate surface area is 130 Å². The summed E-state index contributed by atoms with van der Waals surface area (Å²) in [5.41, 5.74) is 0.701. The van der Waals surface area contributed by atoms with Gasteiger partial charge < -0.3 is 10.2 Å². The number of likely N-dealkylation sites (N-methyl/N-ethyl adjacent to an activating group) is 2. The Balaban J connectivity index is 2.13. The summed E-state index contributed by atoms with van der Waals surface area (Å²) in [6, 6.07) is 5.50. The van der Waals surface area contributed by atoms with Crippen LogP contribution in [0, 0.1) is 5.82 Å². The molecule has 1 N–H and O–H groups in total. The van der Waals surface area contributed by atoms with E-state index in [4.69, 9.17) is 11.6 Å². The van der Waals surface area contributed by atoms with E-state index < -0.39 is 0 Å². The second-order valence-electron chi connectivity index (χ2n) is 5.23. The first-order valence-corrected chi connectivity index (χ1v) is 8.60. The van der Waals surface area contributed by atoms with Gasteiger partial charge in [0, 0.05) is 35.2 Å². The van der Waals surface area contributed by atoms with Crippen molar-refractivity contribution < 1.29 is 4.39 Å². The minimum atomic E-state index is -0.164. The highest BCUT2D eigenvalue weighted by Gasteiger charge is 2.28. The smallest absolute Gasteiger partial charge is 0.126 e. The summed E-state index contributed by atoms with van der Waals surface area (Å²) in [6.45, 7) is 4.08. The van der Waals surface area contributed by atoms with Crippen LogP contribution in [-0.4, -0.2) is 48.6 Å². The summed E-state index contributed by atoms with van der Waals surface area (Å²) in [6.07, 6.45) is 0.676. The van der Waals surface area contributed by atoms with E-state index in [2.05, 4.69) is 24.2 Å². The fourth-order valence-electron chi connectivity index (χ4n) is 2.67. The van der Waals surface area contributed by atoms with E-state index >= 15 is 0 Å². The van der Waals surface area contributed by atoms with Crippen molar-refractivity contribution >= 4 is 23.4 Å². The van der Waals surface area contributed by atoms with Crippen molar-refractivity contribution in [1.29, 1.82) is 0 Å². The Hall–Kier alpha value is -0.290. The molecule has 2 rings (SSSR count). The maximum atomic E-state index is 13.9. The molecule has 0 spiro atoms. The molecule has 0 saturated carbocycles. The van der Waals surface area contributed by atoms with Gasteiger partial charge in [0.1, 0.15) is 5.82 Å². The van der Waals surface area contributed by atoms with E-state index in [1.54, 1.807) is 12.1 Å². The molecule has 1 aliphatic rings. The summed E-state index contributed by atoms with van der Waals surface area (Å²) in [5.74, 6) is 2.11. The van der Waals surface area contributed by atoms with Crippen LogP contribution >= 0.6 is 23.4 Å². The van der Waals surface area contributed by atoms with Crippen LogP contribution in [0.2, 0.25) is 5.02 Å². The average molecular weight is 317 g/mol. The van der Waals surface area contributed by atoms with Crippen LogP contribution < -0.4 is 5.32 Å². The molecule has 1 saturated heterocycles. The van der Waals surface area contributed by atoms with Crippen LogP contribution in [0.3, 0.4) is 0 Å². The zero-order chi connectivity index (χ0) is 14.5. The number of halogens is 2. The molecule has 1 aliphatic heterocycles. The number of benzene rings is 1. The molecular weight excluding hydrogens is 295 g/mol. The Bertz CT molecular complexity index is 444. The summed E-state index contributed by atoms with van der Waals surface area (Å²) in [7, 11) is 2.16. The van der Waals surface area contributed by atoms with Crippen molar-refractivity contribution in [3.63, 3.8) is 0 Å². The van der Waals surface area contributed by atoms with E-state index in [9.17, 15) is 4.39 Å². The minimum Gasteiger partial charge on any atom is -0.312 e. The molecule has 20 heavy (non-hydrogen) atoms. The number of hydrogen-bond donors (Lipinski definition) is 1. The predicted molar refractivity (Wildman–Crippen MR) is 86.3 cm³/mol. The second-order valence-corrected chi connectivity index (χ2v) is 6.81. The van der Waals surface area contributed by atoms with Gasteiger partial charge in [-0.2, -0.15) is 11.8 Å². The minimum absolute atomic E-state index is 0.164. The van der Waals surface area contributed by atoms with E-state index in [-0.39, 0.29) is 11.9 Å². The zero-order valence-corrected chi connectivity index (χ0v) is 13.6. The van der Waals surface area contributed by atoms with Gasteiger partial charge in [-0.3, -0.25) is 0 Å². The lowest BCUT2D eigenvalue weighted by Crippen LogP contribution is -2.53. The molecule has 0 aliphatic carbocycles. The molecule has 2 unspecified atom stereocenters. The van der Waals surface area contributed by atoms with Gasteiger partial charge >= 0.3 is 0 Å². The third-order valence-electron chi connectivity index (χ3n) is 3.82. The van der Waals surface area contributed by atoms with Crippen molar-refractivity contribution in [3.8, 4) is 0 Å². The Morgan fingerprint density at radius 1 is 1.55 bits per heavy atom. The molecule has 2 atom stereocenters. The van der Waals surface area contributed by atoms with Gasteiger partial charge in [0.15, 0.2) is 0 Å². The highest BCUT2D eigenvalue weighted by Crippen LogP contribution is 2.22. The first-order valence-electron chi connectivity index (χ1n) is 7.07. The van der Waals surface area contributed by atoms with Crippen molar-refractivity contribution in [2.75, 3.05) is 31.6 Å². The van der Waals surface area contributed by atoms with Crippen LogP contribution in [-0.2, 0) is 6.42 Å². The molecule has 1 aromatic rings. The molecule has 1 aromatic carbocycles. The first kappa shape index (κ1) is 16.1. The topological polar surface area (TPSA) is 15.3 Å². The third kappa shape index (κ3) is 4.10. The van der Waals surface area contributed by atoms with Crippen LogP contribution in [0.25, 0.3) is 0 Å². The number of thioether (sulfide) groups is 1. The molecule has 0 amide bonds. The van der Waals surface area contributed by atoms with E-state index in [0.717, 1.165) is 18.8 Å². The van der Waals surface area contributed by atoms with Gasteiger partial charge in [-0.1, -0.05) is 18.5 Å². The monoisotopic (exact) mass is 316 g/mol. The number of nitrogens with zero attached hydrogens (tertiary/aromatic N) is 1. The highest BCUT2D eigenvalue weighted by molar-refractivity contribution is 7.99. The normalized spacial score (nSPS) is 21.9. The van der Waals surface area contributed by atoms with Crippen molar-refractivity contribution in [3.05, 3.63) is 34.6 Å². The van der Waals surface area contributed by atoms with Gasteiger partial charge in [-0.25, -0.2) is 4.39 Å². The molecule has 0 bridgehead atoms. The summed E-state index contributed by atoms with van der Waals surface area (Å²) in [4.78, 5) is 2.38. The standard InChI is InChI=1S/C15H22ClFN2S/c1-3-18-14(15-10-20-7-6-19(15)2)9-11-8-12(16)4-5-13(11)17/h4-5,8,14-15,18H,3,6-7,9-10H2,1-2H3. The number of nitrogens with one attached hydrogen (secondary N) is 1. The highest BCUT2D eigenvalue weighted by atomic mass is 35.5.